The molecule has 1 atom stereocenters. The van der Waals surface area contributed by atoms with Crippen molar-refractivity contribution in [2.75, 3.05) is 45.9 Å². The Morgan fingerprint density at radius 3 is 2.77 bits per heavy atom. The van der Waals surface area contributed by atoms with Crippen LogP contribution in [0.3, 0.4) is 0 Å². The number of nitrogens with zero attached hydrogens (tertiary/aromatic N) is 2. The van der Waals surface area contributed by atoms with E-state index in [-0.39, 0.29) is 16.8 Å². The van der Waals surface area contributed by atoms with Gasteiger partial charge in [0.15, 0.2) is 0 Å². The molecule has 0 bridgehead atoms. The molecule has 26 heavy (non-hydrogen) atoms. The number of carbonyl (C=O) groups excluding carboxylic acids is 1. The van der Waals surface area contributed by atoms with E-state index < -0.39 is 10.0 Å². The summed E-state index contributed by atoms with van der Waals surface area (Å²) in [5.41, 5.74) is 0.394. The Labute approximate surface area is 155 Å². The Hall–Kier alpha value is -1.48. The van der Waals surface area contributed by atoms with Gasteiger partial charge in [0.2, 0.25) is 10.0 Å². The predicted molar refractivity (Wildman–Crippen MR) is 98.6 cm³/mol. The Morgan fingerprint density at radius 2 is 2.04 bits per heavy atom. The lowest BCUT2D eigenvalue weighted by Gasteiger charge is -2.27. The van der Waals surface area contributed by atoms with Crippen molar-refractivity contribution < 1.29 is 17.9 Å². The number of morpholine rings is 1. The predicted octanol–water partition coefficient (Wildman–Crippen LogP) is 0.922. The zero-order chi connectivity index (χ0) is 18.6. The summed E-state index contributed by atoms with van der Waals surface area (Å²) in [5.74, 6) is -0.154. The van der Waals surface area contributed by atoms with Crippen LogP contribution in [-0.2, 0) is 14.8 Å². The molecule has 7 nitrogen and oxygen atoms in total. The fourth-order valence-corrected chi connectivity index (χ4v) is 4.70. The number of benzene rings is 1. The molecule has 0 unspecified atom stereocenters. The summed E-state index contributed by atoms with van der Waals surface area (Å²) in [6.07, 6.45) is 2.11. The molecule has 8 heteroatoms. The normalized spacial score (nSPS) is 21.9. The van der Waals surface area contributed by atoms with Crippen molar-refractivity contribution in [1.82, 2.24) is 14.5 Å². The molecule has 144 valence electrons. The summed E-state index contributed by atoms with van der Waals surface area (Å²) in [7, 11) is -3.64. The second-order valence-electron chi connectivity index (χ2n) is 6.71. The number of hydrogen-bond donors (Lipinski definition) is 1. The van der Waals surface area contributed by atoms with Gasteiger partial charge >= 0.3 is 0 Å². The Morgan fingerprint density at radius 1 is 1.27 bits per heavy atom. The third kappa shape index (κ3) is 4.43. The molecule has 1 aromatic carbocycles. The maximum atomic E-state index is 12.7. The average molecular weight is 381 g/mol. The minimum Gasteiger partial charge on any atom is -0.378 e. The van der Waals surface area contributed by atoms with Crippen LogP contribution in [0.4, 0.5) is 0 Å². The summed E-state index contributed by atoms with van der Waals surface area (Å²) in [5, 5.41) is 0. The van der Waals surface area contributed by atoms with Gasteiger partial charge in [0.05, 0.1) is 18.1 Å². The molecule has 1 aromatic rings. The second kappa shape index (κ2) is 8.47. The van der Waals surface area contributed by atoms with E-state index in [4.69, 9.17) is 4.74 Å². The highest BCUT2D eigenvalue weighted by molar-refractivity contribution is 7.89. The fourth-order valence-electron chi connectivity index (χ4n) is 3.58. The standard InChI is InChI=1S/C18H27N3O4S/c1-2-20-8-4-6-16(20)14-19-26(23,24)17-7-3-5-15(13-17)18(22)21-9-11-25-12-10-21/h3,5,7,13,16,19H,2,4,6,8-12,14H2,1H3/t16-/m1/s1. The van der Waals surface area contributed by atoms with Gasteiger partial charge in [-0.25, -0.2) is 13.1 Å². The molecule has 2 aliphatic rings. The number of carbonyl (C=O) groups is 1. The molecule has 0 saturated carbocycles. The minimum atomic E-state index is -3.64. The highest BCUT2D eigenvalue weighted by Gasteiger charge is 2.26. The molecule has 1 amide bonds. The van der Waals surface area contributed by atoms with Gasteiger partial charge in [0.25, 0.3) is 5.91 Å². The highest BCUT2D eigenvalue weighted by Crippen LogP contribution is 2.18. The summed E-state index contributed by atoms with van der Waals surface area (Å²) < 4.78 is 33.3. The van der Waals surface area contributed by atoms with Crippen molar-refractivity contribution in [3.63, 3.8) is 0 Å². The number of ether oxygens (including phenoxy) is 1. The molecular weight excluding hydrogens is 354 g/mol. The second-order valence-corrected chi connectivity index (χ2v) is 8.48. The summed E-state index contributed by atoms with van der Waals surface area (Å²) >= 11 is 0. The minimum absolute atomic E-state index is 0.137. The molecule has 0 aliphatic carbocycles. The molecule has 2 heterocycles. The van der Waals surface area contributed by atoms with E-state index in [1.165, 1.54) is 12.1 Å². The van der Waals surface area contributed by atoms with E-state index >= 15 is 0 Å². The monoisotopic (exact) mass is 381 g/mol. The molecule has 3 rings (SSSR count). The van der Waals surface area contributed by atoms with Gasteiger partial charge in [-0.1, -0.05) is 13.0 Å². The lowest BCUT2D eigenvalue weighted by atomic mass is 10.2. The van der Waals surface area contributed by atoms with E-state index in [2.05, 4.69) is 16.5 Å². The Balaban J connectivity index is 1.68. The quantitative estimate of drug-likeness (QED) is 0.793. The third-order valence-corrected chi connectivity index (χ3v) is 6.53. The number of hydrogen-bond acceptors (Lipinski definition) is 5. The zero-order valence-electron chi connectivity index (χ0n) is 15.2. The fraction of sp³-hybridized carbons (Fsp3) is 0.611. The maximum Gasteiger partial charge on any atom is 0.254 e. The van der Waals surface area contributed by atoms with Crippen LogP contribution in [0.1, 0.15) is 30.1 Å². The molecule has 2 aliphatic heterocycles. The van der Waals surface area contributed by atoms with Gasteiger partial charge in [-0.2, -0.15) is 0 Å². The van der Waals surface area contributed by atoms with Crippen LogP contribution in [0.5, 0.6) is 0 Å². The molecule has 1 N–H and O–H groups in total. The number of nitrogens with one attached hydrogen (secondary N) is 1. The van der Waals surface area contributed by atoms with Crippen molar-refractivity contribution >= 4 is 15.9 Å². The SMILES string of the molecule is CCN1CCC[C@@H]1CNS(=O)(=O)c1cccc(C(=O)N2CCOCC2)c1. The van der Waals surface area contributed by atoms with Gasteiger partial charge in [0, 0.05) is 31.2 Å². The maximum absolute atomic E-state index is 12.7. The van der Waals surface area contributed by atoms with Crippen LogP contribution in [0, 0.1) is 0 Å². The van der Waals surface area contributed by atoms with Crippen molar-refractivity contribution in [2.45, 2.75) is 30.7 Å². The first kappa shape index (κ1) is 19.3. The van der Waals surface area contributed by atoms with E-state index in [0.29, 0.717) is 38.4 Å². The molecule has 2 fully saturated rings. The van der Waals surface area contributed by atoms with Gasteiger partial charge in [-0.05, 0) is 44.1 Å². The number of likely N-dealkylation sites (N-methyl/N-ethyl adjacent to an activating group) is 1. The number of amides is 1. The van der Waals surface area contributed by atoms with Crippen molar-refractivity contribution in [1.29, 1.82) is 0 Å². The van der Waals surface area contributed by atoms with Crippen LogP contribution >= 0.6 is 0 Å². The van der Waals surface area contributed by atoms with Crippen LogP contribution in [0.25, 0.3) is 0 Å². The molecule has 2 saturated heterocycles. The van der Waals surface area contributed by atoms with Gasteiger partial charge in [0.1, 0.15) is 0 Å². The smallest absolute Gasteiger partial charge is 0.254 e. The van der Waals surface area contributed by atoms with Crippen molar-refractivity contribution in [2.24, 2.45) is 0 Å². The molecule has 0 aromatic heterocycles. The number of rotatable bonds is 6. The van der Waals surface area contributed by atoms with Crippen LogP contribution < -0.4 is 4.72 Å². The highest BCUT2D eigenvalue weighted by atomic mass is 32.2. The zero-order valence-corrected chi connectivity index (χ0v) is 16.0. The van der Waals surface area contributed by atoms with Gasteiger partial charge < -0.3 is 9.64 Å². The first-order valence-corrected chi connectivity index (χ1v) is 10.7. The summed E-state index contributed by atoms with van der Waals surface area (Å²) in [4.78, 5) is 16.7. The largest absolute Gasteiger partial charge is 0.378 e. The van der Waals surface area contributed by atoms with Crippen molar-refractivity contribution in [3.05, 3.63) is 29.8 Å². The van der Waals surface area contributed by atoms with E-state index in [9.17, 15) is 13.2 Å². The average Bonchev–Trinajstić information content (AvgIpc) is 3.14. The number of sulfonamides is 1. The molecular formula is C18H27N3O4S. The van der Waals surface area contributed by atoms with Crippen LogP contribution in [0.15, 0.2) is 29.2 Å². The summed E-state index contributed by atoms with van der Waals surface area (Å²) in [6, 6.07) is 6.52. The third-order valence-electron chi connectivity index (χ3n) is 5.10. The van der Waals surface area contributed by atoms with Crippen LogP contribution in [0.2, 0.25) is 0 Å². The van der Waals surface area contributed by atoms with Crippen LogP contribution in [-0.4, -0.2) is 76.1 Å². The molecule has 0 radical (unpaired) electrons. The van der Waals surface area contributed by atoms with Crippen molar-refractivity contribution in [3.8, 4) is 0 Å². The Kier molecular flexibility index (Phi) is 6.29. The molecule has 0 spiro atoms. The van der Waals surface area contributed by atoms with E-state index in [1.807, 2.05) is 0 Å². The van der Waals surface area contributed by atoms with E-state index in [0.717, 1.165) is 25.9 Å². The van der Waals surface area contributed by atoms with E-state index in [1.54, 1.807) is 17.0 Å². The topological polar surface area (TPSA) is 79.0 Å². The lowest BCUT2D eigenvalue weighted by molar-refractivity contribution is 0.0302. The van der Waals surface area contributed by atoms with Gasteiger partial charge in [-0.3, -0.25) is 9.69 Å². The first-order valence-electron chi connectivity index (χ1n) is 9.22. The Bertz CT molecular complexity index is 732. The number of likely N-dealkylation sites (tertiary alicyclic amines) is 1. The first-order chi connectivity index (χ1) is 12.5. The van der Waals surface area contributed by atoms with Gasteiger partial charge in [-0.15, -0.1) is 0 Å². The lowest BCUT2D eigenvalue weighted by Crippen LogP contribution is -2.41. The summed E-state index contributed by atoms with van der Waals surface area (Å²) in [6.45, 7) is 6.53.